The zero-order valence-corrected chi connectivity index (χ0v) is 18.1. The largest absolute Gasteiger partial charge is 0.396 e. The van der Waals surface area contributed by atoms with Crippen molar-refractivity contribution in [3.05, 3.63) is 58.6 Å². The van der Waals surface area contributed by atoms with Gasteiger partial charge in [-0.15, -0.1) is 11.3 Å². The molecule has 5 heterocycles. The lowest BCUT2D eigenvalue weighted by Gasteiger charge is -2.40. The van der Waals surface area contributed by atoms with Gasteiger partial charge in [-0.2, -0.15) is 4.98 Å². The summed E-state index contributed by atoms with van der Waals surface area (Å²) >= 11 is 1.80. The van der Waals surface area contributed by atoms with Gasteiger partial charge in [-0.25, -0.2) is 0 Å². The van der Waals surface area contributed by atoms with Gasteiger partial charge < -0.3 is 14.4 Å². The number of fused-ring (bicyclic) bond motifs is 1. The van der Waals surface area contributed by atoms with Crippen LogP contribution >= 0.6 is 11.3 Å². The fourth-order valence-electron chi connectivity index (χ4n) is 5.70. The molecule has 3 aliphatic rings. The number of nitrogens with zero attached hydrogens (tertiary/aromatic N) is 4. The van der Waals surface area contributed by atoms with E-state index in [2.05, 4.69) is 37.5 Å². The van der Waals surface area contributed by atoms with Gasteiger partial charge in [0.2, 0.25) is 11.7 Å². The molecule has 0 radical (unpaired) electrons. The molecular formula is C23H26N4O3S. The first-order valence-corrected chi connectivity index (χ1v) is 11.7. The number of aromatic nitrogens is 2. The first-order chi connectivity index (χ1) is 15.2. The first-order valence-electron chi connectivity index (χ1n) is 10.9. The van der Waals surface area contributed by atoms with Crippen molar-refractivity contribution >= 4 is 11.3 Å². The zero-order valence-electron chi connectivity index (χ0n) is 17.3. The van der Waals surface area contributed by atoms with E-state index in [-0.39, 0.29) is 24.2 Å². The van der Waals surface area contributed by atoms with Crippen LogP contribution in [0.15, 0.2) is 52.4 Å². The maximum absolute atomic E-state index is 10.1. The molecule has 1 aromatic carbocycles. The van der Waals surface area contributed by atoms with Crippen molar-refractivity contribution in [3.8, 4) is 11.4 Å². The Bertz CT molecular complexity index is 1030. The van der Waals surface area contributed by atoms with E-state index in [4.69, 9.17) is 9.26 Å². The summed E-state index contributed by atoms with van der Waals surface area (Å²) in [5, 5.41) is 16.4. The Morgan fingerprint density at radius 1 is 1.06 bits per heavy atom. The van der Waals surface area contributed by atoms with Gasteiger partial charge in [0.25, 0.3) is 0 Å². The van der Waals surface area contributed by atoms with Crippen molar-refractivity contribution in [2.75, 3.05) is 32.8 Å². The van der Waals surface area contributed by atoms with Crippen molar-refractivity contribution in [2.45, 2.75) is 24.8 Å². The second kappa shape index (κ2) is 7.79. The third-order valence-corrected chi connectivity index (χ3v) is 7.82. The summed E-state index contributed by atoms with van der Waals surface area (Å²) in [6, 6.07) is 14.2. The molecule has 0 amide bonds. The number of morpholine rings is 1. The monoisotopic (exact) mass is 438 g/mol. The molecule has 0 saturated carbocycles. The van der Waals surface area contributed by atoms with E-state index in [9.17, 15) is 5.11 Å². The molecule has 2 aromatic heterocycles. The van der Waals surface area contributed by atoms with Crippen LogP contribution in [0.5, 0.6) is 0 Å². The van der Waals surface area contributed by atoms with Crippen molar-refractivity contribution in [3.63, 3.8) is 0 Å². The van der Waals surface area contributed by atoms with Gasteiger partial charge in [0.15, 0.2) is 0 Å². The Morgan fingerprint density at radius 2 is 1.90 bits per heavy atom. The number of hydrogen-bond donors (Lipinski definition) is 1. The highest BCUT2D eigenvalue weighted by atomic mass is 32.1. The minimum absolute atomic E-state index is 0.110. The molecule has 4 atom stereocenters. The summed E-state index contributed by atoms with van der Waals surface area (Å²) < 4.78 is 12.1. The number of thiophene rings is 1. The van der Waals surface area contributed by atoms with Gasteiger partial charge >= 0.3 is 0 Å². The van der Waals surface area contributed by atoms with Crippen LogP contribution in [0.2, 0.25) is 0 Å². The van der Waals surface area contributed by atoms with Crippen LogP contribution in [0.4, 0.5) is 0 Å². The van der Waals surface area contributed by atoms with Crippen molar-refractivity contribution < 1.29 is 14.4 Å². The van der Waals surface area contributed by atoms with E-state index in [0.717, 1.165) is 38.3 Å². The second-order valence-corrected chi connectivity index (χ2v) is 10.0. The van der Waals surface area contributed by atoms with Gasteiger partial charge in [0.05, 0.1) is 18.2 Å². The Morgan fingerprint density at radius 3 is 2.68 bits per heavy atom. The van der Waals surface area contributed by atoms with Crippen molar-refractivity contribution in [1.29, 1.82) is 0 Å². The highest BCUT2D eigenvalue weighted by Gasteiger charge is 2.62. The maximum atomic E-state index is 10.1. The maximum Gasteiger partial charge on any atom is 0.241 e. The normalized spacial score (nSPS) is 30.7. The highest BCUT2D eigenvalue weighted by Crippen LogP contribution is 2.49. The Hall–Kier alpha value is -2.10. The summed E-state index contributed by atoms with van der Waals surface area (Å²) in [6.45, 7) is 5.25. The minimum Gasteiger partial charge on any atom is -0.396 e. The van der Waals surface area contributed by atoms with E-state index in [1.54, 1.807) is 11.3 Å². The highest BCUT2D eigenvalue weighted by molar-refractivity contribution is 7.09. The average molecular weight is 439 g/mol. The smallest absolute Gasteiger partial charge is 0.241 e. The predicted molar refractivity (Wildman–Crippen MR) is 116 cm³/mol. The number of rotatable bonds is 6. The molecule has 7 nitrogen and oxygen atoms in total. The molecule has 6 rings (SSSR count). The number of hydrogen-bond acceptors (Lipinski definition) is 8. The Balaban J connectivity index is 1.18. The Kier molecular flexibility index (Phi) is 4.92. The van der Waals surface area contributed by atoms with Gasteiger partial charge in [0, 0.05) is 61.6 Å². The number of ether oxygens (including phenoxy) is 1. The third kappa shape index (κ3) is 3.52. The zero-order chi connectivity index (χ0) is 20.8. The fraction of sp³-hybridized carbons (Fsp3) is 0.478. The van der Waals surface area contributed by atoms with E-state index >= 15 is 0 Å². The SMILES string of the molecule is OC[C@H]1[C@H]2CN(Cc3nc(-c4ccccc4)no3)C[C@]23CN(Cc2cccs2)C[C@H]1O3. The molecule has 1 N–H and O–H groups in total. The molecule has 0 aliphatic carbocycles. The topological polar surface area (TPSA) is 74.9 Å². The number of benzene rings is 1. The lowest BCUT2D eigenvalue weighted by Crippen LogP contribution is -2.53. The van der Waals surface area contributed by atoms with Gasteiger partial charge in [0.1, 0.15) is 0 Å². The lowest BCUT2D eigenvalue weighted by atomic mass is 9.83. The molecule has 31 heavy (non-hydrogen) atoms. The fourth-order valence-corrected chi connectivity index (χ4v) is 6.45. The summed E-state index contributed by atoms with van der Waals surface area (Å²) in [5.74, 6) is 1.75. The van der Waals surface area contributed by atoms with Crippen LogP contribution in [0.25, 0.3) is 11.4 Å². The average Bonchev–Trinajstić information content (AvgIpc) is 3.54. The molecule has 3 saturated heterocycles. The Labute approximate surface area is 185 Å². The molecule has 3 aliphatic heterocycles. The van der Waals surface area contributed by atoms with Crippen LogP contribution in [-0.4, -0.2) is 69.5 Å². The van der Waals surface area contributed by atoms with Gasteiger partial charge in [-0.3, -0.25) is 9.80 Å². The number of aliphatic hydroxyl groups excluding tert-OH is 1. The van der Waals surface area contributed by atoms with Gasteiger partial charge in [-0.1, -0.05) is 41.6 Å². The molecule has 3 aromatic rings. The van der Waals surface area contributed by atoms with E-state index < -0.39 is 0 Å². The molecule has 8 heteroatoms. The third-order valence-electron chi connectivity index (χ3n) is 6.96. The van der Waals surface area contributed by atoms with Crippen LogP contribution < -0.4 is 0 Å². The number of likely N-dealkylation sites (tertiary alicyclic amines) is 2. The van der Waals surface area contributed by atoms with Crippen LogP contribution in [0.1, 0.15) is 10.8 Å². The predicted octanol–water partition coefficient (Wildman–Crippen LogP) is 2.49. The van der Waals surface area contributed by atoms with Gasteiger partial charge in [-0.05, 0) is 11.4 Å². The summed E-state index contributed by atoms with van der Waals surface area (Å²) in [7, 11) is 0. The standard InChI is InChI=1S/C23H26N4O3S/c28-13-18-19-10-27(12-21-24-22(25-30-21)16-5-2-1-3-6-16)15-23(19)14-26(11-20(18)29-23)9-17-7-4-8-31-17/h1-8,18-20,28H,9-15H2/t18-,19+,20+,23+/m0/s1. The molecule has 2 bridgehead atoms. The summed E-state index contributed by atoms with van der Waals surface area (Å²) in [5.41, 5.74) is 0.730. The quantitative estimate of drug-likeness (QED) is 0.634. The second-order valence-electron chi connectivity index (χ2n) is 8.97. The molecule has 0 unspecified atom stereocenters. The molecular weight excluding hydrogens is 412 g/mol. The summed E-state index contributed by atoms with van der Waals surface area (Å²) in [4.78, 5) is 10.8. The number of aliphatic hydroxyl groups is 1. The van der Waals surface area contributed by atoms with E-state index in [1.807, 2.05) is 30.3 Å². The van der Waals surface area contributed by atoms with Crippen LogP contribution in [0, 0.1) is 11.8 Å². The minimum atomic E-state index is -0.226. The summed E-state index contributed by atoms with van der Waals surface area (Å²) in [6.07, 6.45) is 0.110. The van der Waals surface area contributed by atoms with E-state index in [1.165, 1.54) is 4.88 Å². The molecule has 162 valence electrons. The first kappa shape index (κ1) is 19.6. The molecule has 1 spiro atoms. The van der Waals surface area contributed by atoms with E-state index in [0.29, 0.717) is 24.2 Å². The van der Waals surface area contributed by atoms with Crippen molar-refractivity contribution in [2.24, 2.45) is 11.8 Å². The lowest BCUT2D eigenvalue weighted by molar-refractivity contribution is -0.120. The van der Waals surface area contributed by atoms with Crippen LogP contribution in [-0.2, 0) is 17.8 Å². The molecule has 3 fully saturated rings. The van der Waals surface area contributed by atoms with Crippen LogP contribution in [0.3, 0.4) is 0 Å². The van der Waals surface area contributed by atoms with Crippen molar-refractivity contribution in [1.82, 2.24) is 19.9 Å².